The monoisotopic (exact) mass is 259 g/mol. The Labute approximate surface area is 89.4 Å². The maximum Gasteiger partial charge on any atom is 0.191 e. The van der Waals surface area contributed by atoms with Gasteiger partial charge in [-0.2, -0.15) is 0 Å². The van der Waals surface area contributed by atoms with E-state index in [1.807, 2.05) is 0 Å². The van der Waals surface area contributed by atoms with Gasteiger partial charge in [-0.3, -0.25) is 4.99 Å². The van der Waals surface area contributed by atoms with Crippen molar-refractivity contribution < 1.29 is 0 Å². The van der Waals surface area contributed by atoms with Gasteiger partial charge in [0.15, 0.2) is 5.96 Å². The fourth-order valence-electron chi connectivity index (χ4n) is 1.13. The molecule has 0 radical (unpaired) electrons. The lowest BCUT2D eigenvalue weighted by molar-refractivity contribution is 0.876. The largest absolute Gasteiger partial charge is 0.355 e. The number of hydrogen-bond donors (Lipinski definition) is 2. The molecule has 2 rings (SSSR count). The molecule has 70 valence electrons. The molecule has 0 fully saturated rings. The van der Waals surface area contributed by atoms with Gasteiger partial charge in [0.2, 0.25) is 0 Å². The van der Waals surface area contributed by atoms with Crippen LogP contribution in [0.5, 0.6) is 0 Å². The van der Waals surface area contributed by atoms with E-state index in [2.05, 4.69) is 43.0 Å². The molecule has 0 amide bonds. The minimum atomic E-state index is 0.837. The molecule has 0 unspecified atom stereocenters. The number of rotatable bonds is 2. The van der Waals surface area contributed by atoms with Crippen LogP contribution < -0.4 is 10.6 Å². The van der Waals surface area contributed by atoms with Crippen LogP contribution in [0.4, 0.5) is 0 Å². The van der Waals surface area contributed by atoms with E-state index in [1.165, 1.54) is 9.35 Å². The second-order valence-corrected chi connectivity index (χ2v) is 4.56. The smallest absolute Gasteiger partial charge is 0.191 e. The summed E-state index contributed by atoms with van der Waals surface area (Å²) in [5, 5.41) is 8.49. The molecule has 0 saturated heterocycles. The molecule has 0 aliphatic carbocycles. The van der Waals surface area contributed by atoms with E-state index in [9.17, 15) is 0 Å². The Morgan fingerprint density at radius 1 is 1.69 bits per heavy atom. The SMILES string of the molecule is Brc1ccsc1CNC1=NCCN1. The van der Waals surface area contributed by atoms with Crippen LogP contribution in [0.25, 0.3) is 0 Å². The van der Waals surface area contributed by atoms with Crippen LogP contribution in [0.2, 0.25) is 0 Å². The fourth-order valence-corrected chi connectivity index (χ4v) is 2.56. The van der Waals surface area contributed by atoms with Crippen molar-refractivity contribution in [1.29, 1.82) is 0 Å². The highest BCUT2D eigenvalue weighted by molar-refractivity contribution is 9.10. The van der Waals surface area contributed by atoms with Crippen molar-refractivity contribution in [2.24, 2.45) is 4.99 Å². The van der Waals surface area contributed by atoms with Crippen LogP contribution in [0.1, 0.15) is 4.88 Å². The van der Waals surface area contributed by atoms with Crippen molar-refractivity contribution >= 4 is 33.2 Å². The van der Waals surface area contributed by atoms with E-state index < -0.39 is 0 Å². The van der Waals surface area contributed by atoms with E-state index >= 15 is 0 Å². The van der Waals surface area contributed by atoms with Crippen molar-refractivity contribution in [3.05, 3.63) is 20.8 Å². The Kier molecular flexibility index (Phi) is 2.85. The fraction of sp³-hybridized carbons (Fsp3) is 0.375. The number of halogens is 1. The van der Waals surface area contributed by atoms with E-state index in [-0.39, 0.29) is 0 Å². The van der Waals surface area contributed by atoms with Gasteiger partial charge >= 0.3 is 0 Å². The van der Waals surface area contributed by atoms with Crippen LogP contribution >= 0.6 is 27.3 Å². The van der Waals surface area contributed by atoms with Gasteiger partial charge in [0, 0.05) is 15.9 Å². The van der Waals surface area contributed by atoms with Gasteiger partial charge in [0.1, 0.15) is 0 Å². The number of aliphatic imine (C=N–C) groups is 1. The van der Waals surface area contributed by atoms with Crippen LogP contribution in [0, 0.1) is 0 Å². The van der Waals surface area contributed by atoms with Crippen molar-refractivity contribution in [2.45, 2.75) is 6.54 Å². The van der Waals surface area contributed by atoms with Gasteiger partial charge in [-0.25, -0.2) is 0 Å². The van der Waals surface area contributed by atoms with Gasteiger partial charge in [-0.15, -0.1) is 11.3 Å². The molecule has 0 atom stereocenters. The summed E-state index contributed by atoms with van der Waals surface area (Å²) in [6.45, 7) is 2.67. The summed E-state index contributed by atoms with van der Waals surface area (Å²) >= 11 is 5.23. The molecule has 0 spiro atoms. The summed E-state index contributed by atoms with van der Waals surface area (Å²) in [6, 6.07) is 2.06. The quantitative estimate of drug-likeness (QED) is 0.846. The zero-order valence-electron chi connectivity index (χ0n) is 7.01. The number of nitrogens with zero attached hydrogens (tertiary/aromatic N) is 1. The first-order valence-corrected chi connectivity index (χ1v) is 5.77. The third kappa shape index (κ3) is 2.22. The summed E-state index contributed by atoms with van der Waals surface area (Å²) in [5.74, 6) is 0.917. The number of guanidine groups is 1. The van der Waals surface area contributed by atoms with Crippen LogP contribution in [0.3, 0.4) is 0 Å². The maximum atomic E-state index is 4.25. The molecule has 0 bridgehead atoms. The third-order valence-electron chi connectivity index (χ3n) is 1.78. The number of hydrogen-bond acceptors (Lipinski definition) is 4. The van der Waals surface area contributed by atoms with Crippen molar-refractivity contribution in [3.8, 4) is 0 Å². The highest BCUT2D eigenvalue weighted by Crippen LogP contribution is 2.21. The molecule has 1 aromatic rings. The second-order valence-electron chi connectivity index (χ2n) is 2.70. The average Bonchev–Trinajstić information content (AvgIpc) is 2.72. The highest BCUT2D eigenvalue weighted by Gasteiger charge is 2.05. The second kappa shape index (κ2) is 4.11. The molecule has 1 aliphatic rings. The molecular formula is C8H10BrN3S. The summed E-state index contributed by atoms with van der Waals surface area (Å²) in [7, 11) is 0. The molecule has 5 heteroatoms. The van der Waals surface area contributed by atoms with Gasteiger partial charge < -0.3 is 10.6 Å². The first-order chi connectivity index (χ1) is 6.36. The molecular weight excluding hydrogens is 250 g/mol. The number of nitrogens with one attached hydrogen (secondary N) is 2. The number of thiophene rings is 1. The first kappa shape index (κ1) is 9.02. The zero-order chi connectivity index (χ0) is 9.10. The minimum Gasteiger partial charge on any atom is -0.355 e. The van der Waals surface area contributed by atoms with Crippen molar-refractivity contribution in [3.63, 3.8) is 0 Å². The van der Waals surface area contributed by atoms with Gasteiger partial charge in [0.25, 0.3) is 0 Å². The van der Waals surface area contributed by atoms with Gasteiger partial charge in [-0.05, 0) is 27.4 Å². The molecule has 3 nitrogen and oxygen atoms in total. The summed E-state index contributed by atoms with van der Waals surface area (Å²) in [6.07, 6.45) is 0. The lowest BCUT2D eigenvalue weighted by Crippen LogP contribution is -2.32. The zero-order valence-corrected chi connectivity index (χ0v) is 9.41. The van der Waals surface area contributed by atoms with Crippen molar-refractivity contribution in [2.75, 3.05) is 13.1 Å². The standard InChI is InChI=1S/C8H10BrN3S/c9-6-1-4-13-7(6)5-12-8-10-2-3-11-8/h1,4H,2-3,5H2,(H2,10,11,12). The van der Waals surface area contributed by atoms with Crippen LogP contribution in [-0.4, -0.2) is 19.0 Å². The normalized spacial score (nSPS) is 15.3. The average molecular weight is 260 g/mol. The lowest BCUT2D eigenvalue weighted by Gasteiger charge is -2.04. The summed E-state index contributed by atoms with van der Waals surface area (Å²) < 4.78 is 1.17. The third-order valence-corrected chi connectivity index (χ3v) is 3.71. The molecule has 0 saturated carbocycles. The van der Waals surface area contributed by atoms with E-state index in [0.717, 1.165) is 25.6 Å². The van der Waals surface area contributed by atoms with Gasteiger partial charge in [-0.1, -0.05) is 0 Å². The molecule has 2 N–H and O–H groups in total. The highest BCUT2D eigenvalue weighted by atomic mass is 79.9. The van der Waals surface area contributed by atoms with E-state index in [4.69, 9.17) is 0 Å². The topological polar surface area (TPSA) is 36.4 Å². The first-order valence-electron chi connectivity index (χ1n) is 4.10. The molecule has 2 heterocycles. The Hall–Kier alpha value is -0.550. The van der Waals surface area contributed by atoms with Crippen molar-refractivity contribution in [1.82, 2.24) is 10.6 Å². The minimum absolute atomic E-state index is 0.837. The Morgan fingerprint density at radius 2 is 2.62 bits per heavy atom. The van der Waals surface area contributed by atoms with E-state index in [0.29, 0.717) is 0 Å². The molecule has 1 aliphatic heterocycles. The molecule has 0 aromatic carbocycles. The van der Waals surface area contributed by atoms with Crippen LogP contribution in [-0.2, 0) is 6.54 Å². The lowest BCUT2D eigenvalue weighted by atomic mass is 10.5. The Balaban J connectivity index is 1.89. The predicted octanol–water partition coefficient (Wildman–Crippen LogP) is 1.56. The summed E-state index contributed by atoms with van der Waals surface area (Å²) in [4.78, 5) is 5.55. The summed E-state index contributed by atoms with van der Waals surface area (Å²) in [5.41, 5.74) is 0. The molecule has 1 aromatic heterocycles. The van der Waals surface area contributed by atoms with E-state index in [1.54, 1.807) is 11.3 Å². The van der Waals surface area contributed by atoms with Gasteiger partial charge in [0.05, 0.1) is 13.1 Å². The Bertz CT molecular complexity index is 321. The van der Waals surface area contributed by atoms with Crippen LogP contribution in [0.15, 0.2) is 20.9 Å². The maximum absolute atomic E-state index is 4.25. The Morgan fingerprint density at radius 3 is 3.23 bits per heavy atom. The predicted molar refractivity (Wildman–Crippen MR) is 59.2 cm³/mol. The molecule has 13 heavy (non-hydrogen) atoms.